The van der Waals surface area contributed by atoms with Crippen molar-refractivity contribution in [1.29, 1.82) is 0 Å². The molecule has 0 aromatic heterocycles. The molecule has 1 nitrogen and oxygen atoms in total. The fraction of sp³-hybridized carbons (Fsp3) is 0.625. The zero-order valence-electron chi connectivity index (χ0n) is 10.9. The smallest absolute Gasteiger partial charge is 0.0800 e. The molecule has 3 rings (SSSR count). The molecule has 0 saturated heterocycles. The Bertz CT molecular complexity index is 397. The second kappa shape index (κ2) is 4.86. The van der Waals surface area contributed by atoms with Crippen molar-refractivity contribution >= 4 is 11.6 Å². The van der Waals surface area contributed by atoms with Crippen molar-refractivity contribution in [3.8, 4) is 0 Å². The minimum atomic E-state index is 0.179. The summed E-state index contributed by atoms with van der Waals surface area (Å²) in [4.78, 5) is 0. The highest BCUT2D eigenvalue weighted by Gasteiger charge is 2.56. The molecule has 2 heteroatoms. The Morgan fingerprint density at radius 3 is 2.50 bits per heavy atom. The van der Waals surface area contributed by atoms with E-state index in [0.717, 1.165) is 6.42 Å². The van der Waals surface area contributed by atoms with E-state index in [9.17, 15) is 0 Å². The van der Waals surface area contributed by atoms with Gasteiger partial charge in [0, 0.05) is 10.8 Å². The lowest BCUT2D eigenvalue weighted by atomic mass is 9.64. The monoisotopic (exact) mass is 264 g/mol. The molecule has 98 valence electrons. The van der Waals surface area contributed by atoms with Gasteiger partial charge in [-0.2, -0.15) is 0 Å². The van der Waals surface area contributed by atoms with E-state index in [1.54, 1.807) is 0 Å². The van der Waals surface area contributed by atoms with Crippen LogP contribution in [0, 0.1) is 5.41 Å². The van der Waals surface area contributed by atoms with Gasteiger partial charge in [0.05, 0.1) is 12.2 Å². The van der Waals surface area contributed by atoms with E-state index in [0.29, 0.717) is 16.9 Å². The van der Waals surface area contributed by atoms with Gasteiger partial charge in [-0.15, -0.1) is 11.6 Å². The molecule has 0 amide bonds. The van der Waals surface area contributed by atoms with Crippen LogP contribution in [0.2, 0.25) is 0 Å². The highest BCUT2D eigenvalue weighted by molar-refractivity contribution is 6.21. The van der Waals surface area contributed by atoms with Gasteiger partial charge < -0.3 is 4.74 Å². The largest absolute Gasteiger partial charge is 0.370 e. The van der Waals surface area contributed by atoms with Crippen LogP contribution in [0.4, 0.5) is 0 Å². The van der Waals surface area contributed by atoms with Gasteiger partial charge in [-0.3, -0.25) is 0 Å². The zero-order valence-corrected chi connectivity index (χ0v) is 11.7. The average Bonchev–Trinajstić information content (AvgIpc) is 2.92. The lowest BCUT2D eigenvalue weighted by Gasteiger charge is -2.52. The lowest BCUT2D eigenvalue weighted by Crippen LogP contribution is -2.54. The molecule has 3 unspecified atom stereocenters. The Morgan fingerprint density at radius 2 is 1.89 bits per heavy atom. The molecular weight excluding hydrogens is 244 g/mol. The molecule has 0 aliphatic heterocycles. The summed E-state index contributed by atoms with van der Waals surface area (Å²) in [7, 11) is 0. The Balaban J connectivity index is 1.67. The number of benzene rings is 1. The van der Waals surface area contributed by atoms with E-state index in [4.69, 9.17) is 16.3 Å². The Hall–Kier alpha value is -0.530. The maximum Gasteiger partial charge on any atom is 0.0800 e. The summed E-state index contributed by atoms with van der Waals surface area (Å²) in [6.07, 6.45) is 6.74. The van der Waals surface area contributed by atoms with Crippen molar-refractivity contribution in [2.75, 3.05) is 0 Å². The first-order valence-electron chi connectivity index (χ1n) is 7.07. The predicted molar refractivity (Wildman–Crippen MR) is 74.9 cm³/mol. The fourth-order valence-corrected chi connectivity index (χ4v) is 4.13. The van der Waals surface area contributed by atoms with Crippen molar-refractivity contribution in [3.05, 3.63) is 35.9 Å². The minimum Gasteiger partial charge on any atom is -0.370 e. The fourth-order valence-electron chi connectivity index (χ4n) is 3.61. The first-order chi connectivity index (χ1) is 8.72. The maximum atomic E-state index is 6.46. The van der Waals surface area contributed by atoms with Crippen LogP contribution in [0.5, 0.6) is 0 Å². The second-order valence-corrected chi connectivity index (χ2v) is 6.35. The SMILES string of the molecule is CC(OC1CC(Cl)C12CCCC2)c1ccccc1. The Kier molecular flexibility index (Phi) is 3.38. The quantitative estimate of drug-likeness (QED) is 0.719. The van der Waals surface area contributed by atoms with Gasteiger partial charge in [0.25, 0.3) is 0 Å². The van der Waals surface area contributed by atoms with E-state index >= 15 is 0 Å². The minimum absolute atomic E-state index is 0.179. The number of hydrogen-bond donors (Lipinski definition) is 0. The van der Waals surface area contributed by atoms with Gasteiger partial charge in [-0.1, -0.05) is 43.2 Å². The van der Waals surface area contributed by atoms with Crippen LogP contribution in [-0.4, -0.2) is 11.5 Å². The van der Waals surface area contributed by atoms with Crippen molar-refractivity contribution in [2.24, 2.45) is 5.41 Å². The van der Waals surface area contributed by atoms with Crippen LogP contribution in [0.15, 0.2) is 30.3 Å². The number of ether oxygens (including phenoxy) is 1. The van der Waals surface area contributed by atoms with Gasteiger partial charge in [-0.05, 0) is 31.7 Å². The van der Waals surface area contributed by atoms with Crippen molar-refractivity contribution in [3.63, 3.8) is 0 Å². The summed E-state index contributed by atoms with van der Waals surface area (Å²) in [6.45, 7) is 2.15. The average molecular weight is 265 g/mol. The van der Waals surface area contributed by atoms with Crippen LogP contribution < -0.4 is 0 Å². The first kappa shape index (κ1) is 12.5. The molecule has 2 fully saturated rings. The van der Waals surface area contributed by atoms with Crippen LogP contribution in [-0.2, 0) is 4.74 Å². The van der Waals surface area contributed by atoms with E-state index in [2.05, 4.69) is 31.2 Å². The van der Waals surface area contributed by atoms with Crippen molar-refractivity contribution in [1.82, 2.24) is 0 Å². The Labute approximate surface area is 114 Å². The summed E-state index contributed by atoms with van der Waals surface area (Å²) < 4.78 is 6.30. The van der Waals surface area contributed by atoms with Gasteiger partial charge in [0.1, 0.15) is 0 Å². The van der Waals surface area contributed by atoms with Crippen LogP contribution in [0.3, 0.4) is 0 Å². The number of alkyl halides is 1. The Morgan fingerprint density at radius 1 is 1.22 bits per heavy atom. The van der Waals surface area contributed by atoms with E-state index in [-0.39, 0.29) is 6.10 Å². The van der Waals surface area contributed by atoms with Crippen molar-refractivity contribution < 1.29 is 4.74 Å². The summed E-state index contributed by atoms with van der Waals surface area (Å²) in [5, 5.41) is 0.341. The highest BCUT2D eigenvalue weighted by atomic mass is 35.5. The molecule has 2 saturated carbocycles. The van der Waals surface area contributed by atoms with Crippen LogP contribution in [0.25, 0.3) is 0 Å². The first-order valence-corrected chi connectivity index (χ1v) is 7.50. The molecular formula is C16H21ClO. The predicted octanol–water partition coefficient (Wildman–Crippen LogP) is 4.70. The van der Waals surface area contributed by atoms with Crippen LogP contribution in [0.1, 0.15) is 50.7 Å². The van der Waals surface area contributed by atoms with E-state index in [1.165, 1.54) is 31.2 Å². The summed E-state index contributed by atoms with van der Waals surface area (Å²) in [6, 6.07) is 10.5. The molecule has 1 aromatic rings. The second-order valence-electron chi connectivity index (χ2n) is 5.82. The molecule has 0 N–H and O–H groups in total. The number of halogens is 1. The number of rotatable bonds is 3. The van der Waals surface area contributed by atoms with Gasteiger partial charge in [-0.25, -0.2) is 0 Å². The molecule has 0 radical (unpaired) electrons. The lowest BCUT2D eigenvalue weighted by molar-refractivity contribution is -0.134. The molecule has 0 bridgehead atoms. The molecule has 1 aromatic carbocycles. The molecule has 2 aliphatic rings. The van der Waals surface area contributed by atoms with Gasteiger partial charge in [0.15, 0.2) is 0 Å². The molecule has 0 heterocycles. The molecule has 1 spiro atoms. The van der Waals surface area contributed by atoms with Crippen molar-refractivity contribution in [2.45, 2.75) is 56.6 Å². The number of hydrogen-bond acceptors (Lipinski definition) is 1. The summed E-state index contributed by atoms with van der Waals surface area (Å²) in [5.41, 5.74) is 1.56. The molecule has 18 heavy (non-hydrogen) atoms. The van der Waals surface area contributed by atoms with E-state index in [1.807, 2.05) is 6.07 Å². The van der Waals surface area contributed by atoms with Gasteiger partial charge >= 0.3 is 0 Å². The summed E-state index contributed by atoms with van der Waals surface area (Å²) >= 11 is 6.46. The molecule has 2 aliphatic carbocycles. The summed E-state index contributed by atoms with van der Waals surface area (Å²) in [5.74, 6) is 0. The zero-order chi connectivity index (χ0) is 12.6. The van der Waals surface area contributed by atoms with E-state index < -0.39 is 0 Å². The van der Waals surface area contributed by atoms with Gasteiger partial charge in [0.2, 0.25) is 0 Å². The van der Waals surface area contributed by atoms with Crippen LogP contribution >= 0.6 is 11.6 Å². The highest BCUT2D eigenvalue weighted by Crippen LogP contribution is 2.57. The maximum absolute atomic E-state index is 6.46. The third-order valence-corrected chi connectivity index (χ3v) is 5.47. The topological polar surface area (TPSA) is 9.23 Å². The standard InChI is InChI=1S/C16H21ClO/c1-12(13-7-3-2-4-8-13)18-15-11-14(17)16(15)9-5-6-10-16/h2-4,7-8,12,14-15H,5-6,9-11H2,1H3. The normalized spacial score (nSPS) is 31.2. The third kappa shape index (κ3) is 1.98. The molecule has 3 atom stereocenters. The third-order valence-electron chi connectivity index (χ3n) is 4.86.